The van der Waals surface area contributed by atoms with Crippen LogP contribution in [0.3, 0.4) is 0 Å². The van der Waals surface area contributed by atoms with E-state index in [2.05, 4.69) is 0 Å². The first kappa shape index (κ1) is 16.7. The monoisotopic (exact) mass is 341 g/mol. The number of carbonyl (C=O) groups is 2. The predicted octanol–water partition coefficient (Wildman–Crippen LogP) is 1.06. The molecule has 0 aliphatic carbocycles. The van der Waals surface area contributed by atoms with Crippen LogP contribution in [-0.4, -0.2) is 41.7 Å². The first-order valence-corrected chi connectivity index (χ1v) is 7.41. The van der Waals surface area contributed by atoms with Gasteiger partial charge in [0.1, 0.15) is 11.8 Å². The molecule has 0 saturated carbocycles. The van der Waals surface area contributed by atoms with Gasteiger partial charge in [-0.3, -0.25) is 9.35 Å². The van der Waals surface area contributed by atoms with Crippen LogP contribution < -0.4 is 5.32 Å². The number of hydrogen-bond acceptors (Lipinski definition) is 4. The van der Waals surface area contributed by atoms with Crippen molar-refractivity contribution in [2.24, 2.45) is 0 Å². The van der Waals surface area contributed by atoms with E-state index in [1.54, 1.807) is 0 Å². The van der Waals surface area contributed by atoms with Crippen molar-refractivity contribution in [3.05, 3.63) is 33.8 Å². The van der Waals surface area contributed by atoms with Gasteiger partial charge in [0.05, 0.1) is 15.6 Å². The molecule has 1 aromatic rings. The second kappa shape index (κ2) is 6.40. The maximum atomic E-state index is 11.8. The fraction of sp³-hybridized carbons (Fsp3) is 0.200. The first-order valence-electron chi connectivity index (χ1n) is 5.04. The lowest BCUT2D eigenvalue weighted by Crippen LogP contribution is -2.45. The molecule has 1 atom stereocenters. The van der Waals surface area contributed by atoms with E-state index in [0.717, 1.165) is 0 Å². The Kier molecular flexibility index (Phi) is 5.35. The zero-order valence-corrected chi connectivity index (χ0v) is 12.0. The minimum atomic E-state index is -4.57. The molecule has 0 fully saturated rings. The Morgan fingerprint density at radius 1 is 1.30 bits per heavy atom. The summed E-state index contributed by atoms with van der Waals surface area (Å²) in [7, 11) is -4.57. The summed E-state index contributed by atoms with van der Waals surface area (Å²) in [5.74, 6) is -3.70. The Balaban J connectivity index is 2.97. The number of aliphatic carboxylic acids is 1. The lowest BCUT2D eigenvalue weighted by Gasteiger charge is -2.13. The zero-order chi connectivity index (χ0) is 15.5. The van der Waals surface area contributed by atoms with Crippen molar-refractivity contribution in [1.82, 2.24) is 5.32 Å². The minimum absolute atomic E-state index is 0.0842. The topological polar surface area (TPSA) is 121 Å². The van der Waals surface area contributed by atoms with E-state index < -0.39 is 33.8 Å². The van der Waals surface area contributed by atoms with Crippen molar-refractivity contribution in [2.45, 2.75) is 6.04 Å². The van der Waals surface area contributed by atoms with Gasteiger partial charge in [-0.2, -0.15) is 8.42 Å². The molecular formula is C10H9Cl2NO6S. The standard InChI is InChI=1S/C10H9Cl2NO6S/c11-6-3-1-2-5(8(6)12)9(14)13-7(10(15)16)4-20(17,18)19/h1-3,7H,4H2,(H,13,14)(H,15,16)(H,17,18,19). The molecule has 0 bridgehead atoms. The summed E-state index contributed by atoms with van der Waals surface area (Å²) in [6, 6.07) is 2.32. The molecule has 1 aromatic carbocycles. The Morgan fingerprint density at radius 3 is 2.40 bits per heavy atom. The summed E-state index contributed by atoms with van der Waals surface area (Å²) in [6.07, 6.45) is 0. The van der Waals surface area contributed by atoms with Gasteiger partial charge in [0, 0.05) is 0 Å². The summed E-state index contributed by atoms with van der Waals surface area (Å²) >= 11 is 11.5. The van der Waals surface area contributed by atoms with Gasteiger partial charge < -0.3 is 10.4 Å². The summed E-state index contributed by atoms with van der Waals surface area (Å²) in [5, 5.41) is 10.7. The summed E-state index contributed by atoms with van der Waals surface area (Å²) < 4.78 is 30.0. The van der Waals surface area contributed by atoms with Gasteiger partial charge in [0.25, 0.3) is 16.0 Å². The van der Waals surface area contributed by atoms with Crippen molar-refractivity contribution in [3.8, 4) is 0 Å². The molecule has 1 amide bonds. The third kappa shape index (κ3) is 4.64. The average Bonchev–Trinajstić information content (AvgIpc) is 2.29. The summed E-state index contributed by atoms with van der Waals surface area (Å²) in [5.41, 5.74) is -0.110. The molecule has 0 radical (unpaired) electrons. The Hall–Kier alpha value is -1.35. The second-order valence-electron chi connectivity index (χ2n) is 3.71. The molecule has 110 valence electrons. The number of benzene rings is 1. The quantitative estimate of drug-likeness (QED) is 0.688. The van der Waals surface area contributed by atoms with Crippen molar-refractivity contribution < 1.29 is 27.7 Å². The summed E-state index contributed by atoms with van der Waals surface area (Å²) in [4.78, 5) is 22.7. The molecule has 0 saturated heterocycles. The molecule has 3 N–H and O–H groups in total. The van der Waals surface area contributed by atoms with Crippen LogP contribution in [0.5, 0.6) is 0 Å². The van der Waals surface area contributed by atoms with Gasteiger partial charge in [-0.25, -0.2) is 4.79 Å². The minimum Gasteiger partial charge on any atom is -0.480 e. The van der Waals surface area contributed by atoms with Crippen LogP contribution >= 0.6 is 23.2 Å². The fourth-order valence-corrected chi connectivity index (χ4v) is 2.33. The van der Waals surface area contributed by atoms with Crippen LogP contribution in [0.2, 0.25) is 10.0 Å². The van der Waals surface area contributed by atoms with Gasteiger partial charge in [-0.15, -0.1) is 0 Å². The fourth-order valence-electron chi connectivity index (χ4n) is 1.30. The predicted molar refractivity (Wildman–Crippen MR) is 71.8 cm³/mol. The highest BCUT2D eigenvalue weighted by Gasteiger charge is 2.27. The lowest BCUT2D eigenvalue weighted by atomic mass is 10.2. The molecule has 0 heterocycles. The number of rotatable bonds is 5. The Labute approximate surface area is 124 Å². The molecule has 0 aromatic heterocycles. The van der Waals surface area contributed by atoms with Crippen molar-refractivity contribution >= 4 is 45.2 Å². The number of carboxylic acid groups (broad SMARTS) is 1. The Morgan fingerprint density at radius 2 is 1.90 bits per heavy atom. The van der Waals surface area contributed by atoms with Crippen molar-refractivity contribution in [3.63, 3.8) is 0 Å². The van der Waals surface area contributed by atoms with E-state index in [1.165, 1.54) is 18.2 Å². The zero-order valence-electron chi connectivity index (χ0n) is 9.71. The highest BCUT2D eigenvalue weighted by Crippen LogP contribution is 2.25. The highest BCUT2D eigenvalue weighted by atomic mass is 35.5. The van der Waals surface area contributed by atoms with Gasteiger partial charge in [-0.05, 0) is 12.1 Å². The van der Waals surface area contributed by atoms with E-state index in [1.807, 2.05) is 5.32 Å². The maximum Gasteiger partial charge on any atom is 0.327 e. The number of carboxylic acids is 1. The first-order chi connectivity index (χ1) is 9.11. The van der Waals surface area contributed by atoms with E-state index in [4.69, 9.17) is 32.9 Å². The molecular weight excluding hydrogens is 333 g/mol. The number of hydrogen-bond donors (Lipinski definition) is 3. The van der Waals surface area contributed by atoms with Gasteiger partial charge in [0.15, 0.2) is 0 Å². The Bertz CT molecular complexity index is 645. The number of carbonyl (C=O) groups excluding carboxylic acids is 1. The normalized spacial score (nSPS) is 12.8. The molecule has 0 spiro atoms. The molecule has 10 heteroatoms. The molecule has 0 aliphatic heterocycles. The number of halogens is 2. The van der Waals surface area contributed by atoms with Gasteiger partial charge in [0.2, 0.25) is 0 Å². The van der Waals surface area contributed by atoms with E-state index in [-0.39, 0.29) is 15.6 Å². The highest BCUT2D eigenvalue weighted by molar-refractivity contribution is 7.85. The van der Waals surface area contributed by atoms with Crippen LogP contribution in [0.25, 0.3) is 0 Å². The van der Waals surface area contributed by atoms with Crippen LogP contribution in [0.4, 0.5) is 0 Å². The summed E-state index contributed by atoms with van der Waals surface area (Å²) in [6.45, 7) is 0. The van der Waals surface area contributed by atoms with Gasteiger partial charge >= 0.3 is 5.97 Å². The van der Waals surface area contributed by atoms with E-state index >= 15 is 0 Å². The smallest absolute Gasteiger partial charge is 0.327 e. The lowest BCUT2D eigenvalue weighted by molar-refractivity contribution is -0.138. The largest absolute Gasteiger partial charge is 0.480 e. The maximum absolute atomic E-state index is 11.8. The SMILES string of the molecule is O=C(NC(CS(=O)(=O)O)C(=O)O)c1cccc(Cl)c1Cl. The van der Waals surface area contributed by atoms with Crippen LogP contribution in [0.15, 0.2) is 18.2 Å². The average molecular weight is 342 g/mol. The van der Waals surface area contributed by atoms with E-state index in [0.29, 0.717) is 0 Å². The molecule has 1 rings (SSSR count). The molecule has 20 heavy (non-hydrogen) atoms. The number of amides is 1. The van der Waals surface area contributed by atoms with E-state index in [9.17, 15) is 18.0 Å². The van der Waals surface area contributed by atoms with Crippen LogP contribution in [0.1, 0.15) is 10.4 Å². The second-order valence-corrected chi connectivity index (χ2v) is 6.00. The molecule has 1 unspecified atom stereocenters. The van der Waals surface area contributed by atoms with Gasteiger partial charge in [-0.1, -0.05) is 29.3 Å². The number of nitrogens with one attached hydrogen (secondary N) is 1. The molecule has 7 nitrogen and oxygen atoms in total. The molecule has 0 aliphatic rings. The van der Waals surface area contributed by atoms with Crippen LogP contribution in [-0.2, 0) is 14.9 Å². The third-order valence-electron chi connectivity index (χ3n) is 2.18. The van der Waals surface area contributed by atoms with Crippen LogP contribution in [0, 0.1) is 0 Å². The van der Waals surface area contributed by atoms with Crippen molar-refractivity contribution in [2.75, 3.05) is 5.75 Å². The van der Waals surface area contributed by atoms with Crippen molar-refractivity contribution in [1.29, 1.82) is 0 Å². The third-order valence-corrected chi connectivity index (χ3v) is 3.75.